The van der Waals surface area contributed by atoms with Crippen LogP contribution in [0.15, 0.2) is 0 Å². The third-order valence-electron chi connectivity index (χ3n) is 1.79. The van der Waals surface area contributed by atoms with Gasteiger partial charge in [0.15, 0.2) is 23.3 Å². The van der Waals surface area contributed by atoms with Crippen LogP contribution in [0.1, 0.15) is 5.56 Å². The highest BCUT2D eigenvalue weighted by molar-refractivity contribution is 7.92. The SMILES string of the molecule is Cc1c(F)c(F)c(F)c(F)c1NS(C)(=O)=O. The largest absolute Gasteiger partial charge is 0.280 e. The molecule has 0 bridgehead atoms. The number of halogens is 4. The lowest BCUT2D eigenvalue weighted by atomic mass is 10.1. The normalized spacial score (nSPS) is 11.6. The van der Waals surface area contributed by atoms with Crippen LogP contribution in [-0.4, -0.2) is 14.7 Å². The van der Waals surface area contributed by atoms with Crippen LogP contribution in [0.5, 0.6) is 0 Å². The number of benzene rings is 1. The molecule has 0 saturated carbocycles. The van der Waals surface area contributed by atoms with Crippen molar-refractivity contribution < 1.29 is 26.0 Å². The molecule has 0 radical (unpaired) electrons. The summed E-state index contributed by atoms with van der Waals surface area (Å²) in [5.74, 6) is -7.45. The number of hydrogen-bond acceptors (Lipinski definition) is 2. The predicted octanol–water partition coefficient (Wildman–Crippen LogP) is 1.92. The molecule has 8 heteroatoms. The van der Waals surface area contributed by atoms with E-state index in [1.807, 2.05) is 0 Å². The van der Waals surface area contributed by atoms with Crippen LogP contribution >= 0.6 is 0 Å². The minimum absolute atomic E-state index is 0.651. The number of nitrogens with one attached hydrogen (secondary N) is 1. The Morgan fingerprint density at radius 3 is 1.81 bits per heavy atom. The Kier molecular flexibility index (Phi) is 3.13. The van der Waals surface area contributed by atoms with Crippen LogP contribution < -0.4 is 4.72 Å². The molecule has 0 fully saturated rings. The van der Waals surface area contributed by atoms with E-state index in [1.54, 1.807) is 4.72 Å². The molecule has 0 aliphatic carbocycles. The molecule has 0 aliphatic heterocycles. The fourth-order valence-electron chi connectivity index (χ4n) is 1.05. The summed E-state index contributed by atoms with van der Waals surface area (Å²) in [6.45, 7) is 0.925. The third-order valence-corrected chi connectivity index (χ3v) is 2.36. The lowest BCUT2D eigenvalue weighted by Crippen LogP contribution is -2.15. The zero-order valence-corrected chi connectivity index (χ0v) is 9.05. The van der Waals surface area contributed by atoms with Gasteiger partial charge < -0.3 is 0 Å². The molecule has 0 unspecified atom stereocenters. The summed E-state index contributed by atoms with van der Waals surface area (Å²) in [4.78, 5) is 0. The Bertz CT molecular complexity index is 512. The van der Waals surface area contributed by atoms with E-state index in [9.17, 15) is 26.0 Å². The molecular weight excluding hydrogens is 250 g/mol. The highest BCUT2D eigenvalue weighted by Gasteiger charge is 2.24. The Morgan fingerprint density at radius 1 is 0.938 bits per heavy atom. The summed E-state index contributed by atoms with van der Waals surface area (Å²) in [6.07, 6.45) is 0.672. The lowest BCUT2D eigenvalue weighted by Gasteiger charge is -2.11. The van der Waals surface area contributed by atoms with Crippen molar-refractivity contribution in [1.29, 1.82) is 0 Å². The Balaban J connectivity index is 3.52. The maximum Gasteiger partial charge on any atom is 0.229 e. The monoisotopic (exact) mass is 257 g/mol. The maximum atomic E-state index is 13.1. The summed E-state index contributed by atoms with van der Waals surface area (Å²) in [5.41, 5.74) is -1.58. The molecule has 1 aromatic rings. The van der Waals surface area contributed by atoms with Crippen molar-refractivity contribution in [2.45, 2.75) is 6.92 Å². The van der Waals surface area contributed by atoms with Crippen molar-refractivity contribution in [3.63, 3.8) is 0 Å². The van der Waals surface area contributed by atoms with E-state index in [-0.39, 0.29) is 0 Å². The van der Waals surface area contributed by atoms with E-state index < -0.39 is 44.5 Å². The first-order valence-corrected chi connectivity index (χ1v) is 5.84. The van der Waals surface area contributed by atoms with E-state index in [0.717, 1.165) is 6.92 Å². The summed E-state index contributed by atoms with van der Waals surface area (Å²) in [7, 11) is -3.91. The van der Waals surface area contributed by atoms with Crippen molar-refractivity contribution in [2.24, 2.45) is 0 Å². The van der Waals surface area contributed by atoms with Gasteiger partial charge in [-0.05, 0) is 6.92 Å². The van der Waals surface area contributed by atoms with Gasteiger partial charge in [0, 0.05) is 5.56 Å². The maximum absolute atomic E-state index is 13.1. The molecule has 1 rings (SSSR count). The molecule has 0 saturated heterocycles. The zero-order chi connectivity index (χ0) is 12.7. The minimum Gasteiger partial charge on any atom is -0.280 e. The number of sulfonamides is 1. The van der Waals surface area contributed by atoms with Gasteiger partial charge in [0.25, 0.3) is 0 Å². The molecule has 0 aromatic heterocycles. The first-order valence-electron chi connectivity index (χ1n) is 3.95. The lowest BCUT2D eigenvalue weighted by molar-refractivity contribution is 0.408. The Labute approximate surface area is 89.1 Å². The van der Waals surface area contributed by atoms with Crippen molar-refractivity contribution >= 4 is 15.7 Å². The van der Waals surface area contributed by atoms with Gasteiger partial charge in [-0.2, -0.15) is 0 Å². The van der Waals surface area contributed by atoms with Crippen LogP contribution in [0.4, 0.5) is 23.2 Å². The summed E-state index contributed by atoms with van der Waals surface area (Å²) >= 11 is 0. The number of hydrogen-bond donors (Lipinski definition) is 1. The van der Waals surface area contributed by atoms with Crippen LogP contribution in [0.2, 0.25) is 0 Å². The van der Waals surface area contributed by atoms with Crippen LogP contribution in [-0.2, 0) is 10.0 Å². The van der Waals surface area contributed by atoms with Gasteiger partial charge >= 0.3 is 0 Å². The van der Waals surface area contributed by atoms with Crippen molar-refractivity contribution in [2.75, 3.05) is 11.0 Å². The second kappa shape index (κ2) is 3.93. The van der Waals surface area contributed by atoms with Crippen LogP contribution in [0.25, 0.3) is 0 Å². The number of anilines is 1. The molecule has 3 nitrogen and oxygen atoms in total. The third kappa shape index (κ3) is 2.26. The second-order valence-corrected chi connectivity index (χ2v) is 4.88. The zero-order valence-electron chi connectivity index (χ0n) is 8.24. The second-order valence-electron chi connectivity index (χ2n) is 3.13. The average Bonchev–Trinajstić information content (AvgIpc) is 2.17. The van der Waals surface area contributed by atoms with E-state index in [1.165, 1.54) is 0 Å². The molecule has 0 atom stereocenters. The Morgan fingerprint density at radius 2 is 1.38 bits per heavy atom. The molecule has 0 heterocycles. The minimum atomic E-state index is -3.91. The quantitative estimate of drug-likeness (QED) is 0.500. The average molecular weight is 257 g/mol. The standard InChI is InChI=1S/C8H7F4NO2S/c1-3-4(9)5(10)6(11)7(12)8(3)13-16(2,14)15/h13H,1-2H3. The topological polar surface area (TPSA) is 46.2 Å². The first kappa shape index (κ1) is 12.8. The van der Waals surface area contributed by atoms with Gasteiger partial charge in [-0.3, -0.25) is 4.72 Å². The van der Waals surface area contributed by atoms with E-state index >= 15 is 0 Å². The highest BCUT2D eigenvalue weighted by atomic mass is 32.2. The summed E-state index contributed by atoms with van der Waals surface area (Å²) in [6, 6.07) is 0. The van der Waals surface area contributed by atoms with Crippen molar-refractivity contribution in [1.82, 2.24) is 0 Å². The molecule has 0 amide bonds. The molecular formula is C8H7F4NO2S. The highest BCUT2D eigenvalue weighted by Crippen LogP contribution is 2.28. The Hall–Kier alpha value is -1.31. The molecule has 1 aromatic carbocycles. The summed E-state index contributed by atoms with van der Waals surface area (Å²) < 4.78 is 74.8. The number of rotatable bonds is 2. The summed E-state index contributed by atoms with van der Waals surface area (Å²) in [5, 5.41) is 0. The molecule has 90 valence electrons. The van der Waals surface area contributed by atoms with Crippen molar-refractivity contribution in [3.05, 3.63) is 28.8 Å². The van der Waals surface area contributed by atoms with Gasteiger partial charge in [-0.1, -0.05) is 0 Å². The fourth-order valence-corrected chi connectivity index (χ4v) is 1.66. The molecule has 0 aliphatic rings. The first-order chi connectivity index (χ1) is 7.15. The van der Waals surface area contributed by atoms with Crippen LogP contribution in [0.3, 0.4) is 0 Å². The van der Waals surface area contributed by atoms with E-state index in [0.29, 0.717) is 6.26 Å². The van der Waals surface area contributed by atoms with Gasteiger partial charge in [-0.25, -0.2) is 26.0 Å². The molecule has 16 heavy (non-hydrogen) atoms. The molecule has 1 N–H and O–H groups in total. The fraction of sp³-hybridized carbons (Fsp3) is 0.250. The molecule has 0 spiro atoms. The smallest absolute Gasteiger partial charge is 0.229 e. The van der Waals surface area contributed by atoms with Crippen LogP contribution in [0, 0.1) is 30.2 Å². The van der Waals surface area contributed by atoms with E-state index in [4.69, 9.17) is 0 Å². The van der Waals surface area contributed by atoms with Gasteiger partial charge in [0.1, 0.15) is 0 Å². The van der Waals surface area contributed by atoms with E-state index in [2.05, 4.69) is 0 Å². The predicted molar refractivity (Wildman–Crippen MR) is 49.5 cm³/mol. The van der Waals surface area contributed by atoms with Gasteiger partial charge in [0.05, 0.1) is 11.9 Å². The van der Waals surface area contributed by atoms with Gasteiger partial charge in [0.2, 0.25) is 10.0 Å². The van der Waals surface area contributed by atoms with Gasteiger partial charge in [-0.15, -0.1) is 0 Å². The van der Waals surface area contributed by atoms with Crippen molar-refractivity contribution in [3.8, 4) is 0 Å².